The Labute approximate surface area is 147 Å². The van der Waals surface area contributed by atoms with Crippen LogP contribution in [0.5, 0.6) is 11.5 Å². The van der Waals surface area contributed by atoms with Crippen molar-refractivity contribution in [2.45, 2.75) is 40.0 Å². The second kappa shape index (κ2) is 7.59. The van der Waals surface area contributed by atoms with Gasteiger partial charge in [-0.15, -0.1) is 0 Å². The van der Waals surface area contributed by atoms with Gasteiger partial charge in [0, 0.05) is 18.7 Å². The van der Waals surface area contributed by atoms with Gasteiger partial charge in [-0.1, -0.05) is 13.8 Å². The standard InChI is InChI=1S/C19H24N2O4/c1-4-8-21(9-5-2)18(22)11-15-13(3)25-19(20-15)14-6-7-16-17(10-14)24-12-23-16/h6-7,10H,4-5,8-9,11-12H2,1-3H3. The monoisotopic (exact) mass is 344 g/mol. The van der Waals surface area contributed by atoms with Gasteiger partial charge in [0.15, 0.2) is 11.5 Å². The minimum atomic E-state index is 0.0948. The number of rotatable bonds is 7. The quantitative estimate of drug-likeness (QED) is 0.768. The third-order valence-electron chi connectivity index (χ3n) is 4.17. The first-order valence-electron chi connectivity index (χ1n) is 8.76. The van der Waals surface area contributed by atoms with Crippen molar-refractivity contribution in [3.8, 4) is 23.0 Å². The van der Waals surface area contributed by atoms with Crippen molar-refractivity contribution in [3.05, 3.63) is 29.7 Å². The van der Waals surface area contributed by atoms with Crippen molar-refractivity contribution >= 4 is 5.91 Å². The van der Waals surface area contributed by atoms with E-state index in [1.54, 1.807) is 0 Å². The third-order valence-corrected chi connectivity index (χ3v) is 4.17. The number of fused-ring (bicyclic) bond motifs is 1. The molecule has 0 fully saturated rings. The molecule has 0 aliphatic carbocycles. The number of aromatic nitrogens is 1. The fraction of sp³-hybridized carbons (Fsp3) is 0.474. The van der Waals surface area contributed by atoms with Gasteiger partial charge in [0.25, 0.3) is 0 Å². The Hall–Kier alpha value is -2.50. The molecule has 0 atom stereocenters. The molecule has 0 saturated heterocycles. The van der Waals surface area contributed by atoms with E-state index in [0.29, 0.717) is 23.1 Å². The largest absolute Gasteiger partial charge is 0.454 e. The zero-order valence-corrected chi connectivity index (χ0v) is 15.0. The first-order valence-corrected chi connectivity index (χ1v) is 8.76. The number of hydrogen-bond donors (Lipinski definition) is 0. The van der Waals surface area contributed by atoms with Crippen LogP contribution in [0.1, 0.15) is 38.1 Å². The molecule has 2 aromatic rings. The van der Waals surface area contributed by atoms with E-state index in [9.17, 15) is 4.79 Å². The number of oxazole rings is 1. The fourth-order valence-electron chi connectivity index (χ4n) is 2.90. The number of ether oxygens (including phenoxy) is 2. The molecule has 134 valence electrons. The lowest BCUT2D eigenvalue weighted by Gasteiger charge is -2.20. The molecule has 1 aliphatic heterocycles. The van der Waals surface area contributed by atoms with Crippen LogP contribution in [0.3, 0.4) is 0 Å². The van der Waals surface area contributed by atoms with Gasteiger partial charge in [-0.2, -0.15) is 0 Å². The maximum atomic E-state index is 12.6. The van der Waals surface area contributed by atoms with Crippen molar-refractivity contribution in [1.29, 1.82) is 0 Å². The summed E-state index contributed by atoms with van der Waals surface area (Å²) in [6, 6.07) is 5.57. The van der Waals surface area contributed by atoms with Crippen LogP contribution < -0.4 is 9.47 Å². The van der Waals surface area contributed by atoms with Crippen LogP contribution in [0.4, 0.5) is 0 Å². The molecule has 1 aromatic heterocycles. The van der Waals surface area contributed by atoms with Gasteiger partial charge in [0.1, 0.15) is 5.76 Å². The Bertz CT molecular complexity index is 748. The molecule has 25 heavy (non-hydrogen) atoms. The van der Waals surface area contributed by atoms with Crippen molar-refractivity contribution < 1.29 is 18.7 Å². The summed E-state index contributed by atoms with van der Waals surface area (Å²) in [6.07, 6.45) is 2.16. The Balaban J connectivity index is 1.77. The molecular formula is C19H24N2O4. The van der Waals surface area contributed by atoms with Gasteiger partial charge in [-0.3, -0.25) is 4.79 Å². The Kier molecular flexibility index (Phi) is 5.26. The number of aryl methyl sites for hydroxylation is 1. The maximum Gasteiger partial charge on any atom is 0.231 e. The van der Waals surface area contributed by atoms with Crippen LogP contribution in [0.25, 0.3) is 11.5 Å². The van der Waals surface area contributed by atoms with E-state index in [1.807, 2.05) is 30.0 Å². The normalized spacial score (nSPS) is 12.4. The number of benzene rings is 1. The van der Waals surface area contributed by atoms with Crippen molar-refractivity contribution in [3.63, 3.8) is 0 Å². The second-order valence-corrected chi connectivity index (χ2v) is 6.15. The van der Waals surface area contributed by atoms with E-state index in [1.165, 1.54) is 0 Å². The molecule has 3 rings (SSSR count). The first kappa shape index (κ1) is 17.3. The lowest BCUT2D eigenvalue weighted by Crippen LogP contribution is -2.33. The minimum Gasteiger partial charge on any atom is -0.454 e. The lowest BCUT2D eigenvalue weighted by molar-refractivity contribution is -0.130. The number of carbonyl (C=O) groups is 1. The van der Waals surface area contributed by atoms with E-state index in [4.69, 9.17) is 13.9 Å². The molecule has 0 N–H and O–H groups in total. The SMILES string of the molecule is CCCN(CCC)C(=O)Cc1nc(-c2ccc3c(c2)OCO3)oc1C. The van der Waals surface area contributed by atoms with Crippen molar-refractivity contribution in [2.75, 3.05) is 19.9 Å². The summed E-state index contributed by atoms with van der Waals surface area (Å²) >= 11 is 0. The predicted octanol–water partition coefficient (Wildman–Crippen LogP) is 3.57. The van der Waals surface area contributed by atoms with E-state index in [2.05, 4.69) is 18.8 Å². The van der Waals surface area contributed by atoms with Crippen LogP contribution in [0.2, 0.25) is 0 Å². The average Bonchev–Trinajstić information content (AvgIpc) is 3.21. The topological polar surface area (TPSA) is 64.8 Å². The van der Waals surface area contributed by atoms with Gasteiger partial charge in [-0.05, 0) is 38.0 Å². The van der Waals surface area contributed by atoms with Crippen LogP contribution in [0, 0.1) is 6.92 Å². The van der Waals surface area contributed by atoms with Crippen LogP contribution in [-0.4, -0.2) is 35.7 Å². The second-order valence-electron chi connectivity index (χ2n) is 6.15. The summed E-state index contributed by atoms with van der Waals surface area (Å²) in [4.78, 5) is 19.0. The molecule has 0 bridgehead atoms. The Morgan fingerprint density at radius 2 is 1.88 bits per heavy atom. The third kappa shape index (κ3) is 3.78. The summed E-state index contributed by atoms with van der Waals surface area (Å²) in [5.41, 5.74) is 1.50. The molecule has 6 heteroatoms. The molecule has 0 unspecified atom stereocenters. The maximum absolute atomic E-state index is 12.6. The predicted molar refractivity (Wildman–Crippen MR) is 93.7 cm³/mol. The van der Waals surface area contributed by atoms with Gasteiger partial charge in [0.05, 0.1) is 12.1 Å². The summed E-state index contributed by atoms with van der Waals surface area (Å²) < 4.78 is 16.5. The highest BCUT2D eigenvalue weighted by molar-refractivity contribution is 5.78. The molecule has 1 aromatic carbocycles. The molecule has 0 spiro atoms. The fourth-order valence-corrected chi connectivity index (χ4v) is 2.90. The average molecular weight is 344 g/mol. The smallest absolute Gasteiger partial charge is 0.231 e. The van der Waals surface area contributed by atoms with Crippen LogP contribution >= 0.6 is 0 Å². The zero-order chi connectivity index (χ0) is 17.8. The summed E-state index contributed by atoms with van der Waals surface area (Å²) in [7, 11) is 0. The van der Waals surface area contributed by atoms with Gasteiger partial charge < -0.3 is 18.8 Å². The molecular weight excluding hydrogens is 320 g/mol. The minimum absolute atomic E-state index is 0.0948. The highest BCUT2D eigenvalue weighted by atomic mass is 16.7. The van der Waals surface area contributed by atoms with Crippen molar-refractivity contribution in [2.24, 2.45) is 0 Å². The molecule has 2 heterocycles. The van der Waals surface area contributed by atoms with E-state index >= 15 is 0 Å². The number of hydrogen-bond acceptors (Lipinski definition) is 5. The molecule has 0 radical (unpaired) electrons. The summed E-state index contributed by atoms with van der Waals surface area (Å²) in [5.74, 6) is 2.67. The van der Waals surface area contributed by atoms with Gasteiger partial charge >= 0.3 is 0 Å². The van der Waals surface area contributed by atoms with Crippen LogP contribution in [0.15, 0.2) is 22.6 Å². The highest BCUT2D eigenvalue weighted by Crippen LogP contribution is 2.36. The van der Waals surface area contributed by atoms with Crippen LogP contribution in [-0.2, 0) is 11.2 Å². The number of amides is 1. The summed E-state index contributed by atoms with van der Waals surface area (Å²) in [6.45, 7) is 7.78. The zero-order valence-electron chi connectivity index (χ0n) is 15.0. The van der Waals surface area contributed by atoms with E-state index < -0.39 is 0 Å². The van der Waals surface area contributed by atoms with Crippen molar-refractivity contribution in [1.82, 2.24) is 9.88 Å². The lowest BCUT2D eigenvalue weighted by atomic mass is 10.2. The number of carbonyl (C=O) groups excluding carboxylic acids is 1. The first-order chi connectivity index (χ1) is 12.1. The molecule has 1 aliphatic rings. The van der Waals surface area contributed by atoms with Gasteiger partial charge in [0.2, 0.25) is 18.6 Å². The summed E-state index contributed by atoms with van der Waals surface area (Å²) in [5, 5.41) is 0. The van der Waals surface area contributed by atoms with E-state index in [0.717, 1.165) is 37.2 Å². The van der Waals surface area contributed by atoms with Gasteiger partial charge in [-0.25, -0.2) is 4.98 Å². The molecule has 1 amide bonds. The molecule has 6 nitrogen and oxygen atoms in total. The highest BCUT2D eigenvalue weighted by Gasteiger charge is 2.20. The Morgan fingerprint density at radius 1 is 1.16 bits per heavy atom. The number of nitrogens with zero attached hydrogens (tertiary/aromatic N) is 2. The Morgan fingerprint density at radius 3 is 2.60 bits per heavy atom. The molecule has 0 saturated carbocycles. The van der Waals surface area contributed by atoms with E-state index in [-0.39, 0.29) is 19.1 Å².